The highest BCUT2D eigenvalue weighted by Crippen LogP contribution is 2.30. The van der Waals surface area contributed by atoms with Gasteiger partial charge in [-0.1, -0.05) is 29.4 Å². The highest BCUT2D eigenvalue weighted by atomic mass is 79.9. The zero-order valence-electron chi connectivity index (χ0n) is 10.4. The summed E-state index contributed by atoms with van der Waals surface area (Å²) in [6.07, 6.45) is 0. The number of oxime groups is 1. The number of nitrogens with zero attached hydrogens (tertiary/aromatic N) is 1. The van der Waals surface area contributed by atoms with E-state index in [0.717, 1.165) is 9.37 Å². The number of nitrogens with two attached hydrogens (primary N) is 1. The number of thioether (sulfide) groups is 1. The second kappa shape index (κ2) is 6.76. The molecule has 0 saturated carbocycles. The van der Waals surface area contributed by atoms with Gasteiger partial charge in [0.05, 0.1) is 5.56 Å². The molecule has 2 rings (SSSR count). The lowest BCUT2D eigenvalue weighted by molar-refractivity contribution is 0.318. The Morgan fingerprint density at radius 2 is 2.00 bits per heavy atom. The molecule has 2 aromatic rings. The average Bonchev–Trinajstić information content (AvgIpc) is 2.47. The first kappa shape index (κ1) is 14.9. The van der Waals surface area contributed by atoms with Gasteiger partial charge in [-0.05, 0) is 39.7 Å². The summed E-state index contributed by atoms with van der Waals surface area (Å²) in [5.41, 5.74) is 6.06. The standard InChI is InChI=1S/C14H12BrFN2OS/c15-11-6-1-2-7-12(11)20-8-9-4-3-5-10(13(9)16)14(17)18-19/h1-7,19H,8H2,(H2,17,18). The number of hydrogen-bond donors (Lipinski definition) is 2. The third-order valence-corrected chi connectivity index (χ3v) is 4.76. The fourth-order valence-corrected chi connectivity index (χ4v) is 3.20. The maximum absolute atomic E-state index is 14.2. The lowest BCUT2D eigenvalue weighted by Crippen LogP contribution is -2.15. The first-order chi connectivity index (χ1) is 9.63. The van der Waals surface area contributed by atoms with Crippen LogP contribution in [0.15, 0.2) is 57.0 Å². The summed E-state index contributed by atoms with van der Waals surface area (Å²) in [5, 5.41) is 11.5. The van der Waals surface area contributed by atoms with Gasteiger partial charge in [0, 0.05) is 15.1 Å². The maximum Gasteiger partial charge on any atom is 0.173 e. The van der Waals surface area contributed by atoms with Crippen LogP contribution in [0.25, 0.3) is 0 Å². The quantitative estimate of drug-likeness (QED) is 0.287. The SMILES string of the molecule is N/C(=N/O)c1cccc(CSc2ccccc2Br)c1F. The fraction of sp³-hybridized carbons (Fsp3) is 0.0714. The summed E-state index contributed by atoms with van der Waals surface area (Å²) in [5.74, 6) is -0.223. The first-order valence-corrected chi connectivity index (χ1v) is 7.54. The minimum absolute atomic E-state index is 0.109. The van der Waals surface area contributed by atoms with E-state index in [2.05, 4.69) is 21.1 Å². The van der Waals surface area contributed by atoms with Crippen LogP contribution in [0.5, 0.6) is 0 Å². The van der Waals surface area contributed by atoms with Crippen molar-refractivity contribution in [1.29, 1.82) is 0 Å². The fourth-order valence-electron chi connectivity index (χ4n) is 1.66. The van der Waals surface area contributed by atoms with Crippen molar-refractivity contribution in [3.63, 3.8) is 0 Å². The van der Waals surface area contributed by atoms with Crippen LogP contribution in [-0.4, -0.2) is 11.0 Å². The third kappa shape index (κ3) is 3.32. The molecule has 20 heavy (non-hydrogen) atoms. The van der Waals surface area contributed by atoms with Crippen molar-refractivity contribution in [2.75, 3.05) is 0 Å². The Hall–Kier alpha value is -1.53. The summed E-state index contributed by atoms with van der Waals surface area (Å²) in [6.45, 7) is 0. The van der Waals surface area contributed by atoms with E-state index >= 15 is 0 Å². The van der Waals surface area contributed by atoms with Gasteiger partial charge in [-0.15, -0.1) is 11.8 Å². The minimum atomic E-state index is -0.456. The van der Waals surface area contributed by atoms with Crippen LogP contribution in [0.1, 0.15) is 11.1 Å². The number of hydrogen-bond acceptors (Lipinski definition) is 3. The first-order valence-electron chi connectivity index (χ1n) is 5.76. The minimum Gasteiger partial charge on any atom is -0.409 e. The molecule has 0 aliphatic rings. The van der Waals surface area contributed by atoms with Gasteiger partial charge in [-0.3, -0.25) is 0 Å². The molecule has 0 aliphatic carbocycles. The van der Waals surface area contributed by atoms with Crippen molar-refractivity contribution in [2.45, 2.75) is 10.6 Å². The smallest absolute Gasteiger partial charge is 0.173 e. The van der Waals surface area contributed by atoms with Crippen LogP contribution in [0, 0.1) is 5.82 Å². The van der Waals surface area contributed by atoms with Crippen molar-refractivity contribution in [2.24, 2.45) is 10.9 Å². The molecule has 0 atom stereocenters. The third-order valence-electron chi connectivity index (χ3n) is 2.68. The van der Waals surface area contributed by atoms with Crippen molar-refractivity contribution in [1.82, 2.24) is 0 Å². The second-order valence-corrected chi connectivity index (χ2v) is 5.85. The monoisotopic (exact) mass is 354 g/mol. The molecule has 6 heteroatoms. The van der Waals surface area contributed by atoms with Gasteiger partial charge >= 0.3 is 0 Å². The molecule has 3 nitrogen and oxygen atoms in total. The zero-order valence-corrected chi connectivity index (χ0v) is 12.8. The molecule has 2 aromatic carbocycles. The van der Waals surface area contributed by atoms with E-state index in [-0.39, 0.29) is 11.4 Å². The highest BCUT2D eigenvalue weighted by Gasteiger charge is 2.12. The number of amidine groups is 1. The van der Waals surface area contributed by atoms with Gasteiger partial charge < -0.3 is 10.9 Å². The number of benzene rings is 2. The van der Waals surface area contributed by atoms with Gasteiger partial charge in [0.1, 0.15) is 5.82 Å². The maximum atomic E-state index is 14.2. The van der Waals surface area contributed by atoms with E-state index in [4.69, 9.17) is 10.9 Å². The van der Waals surface area contributed by atoms with E-state index in [1.54, 1.807) is 12.1 Å². The lowest BCUT2D eigenvalue weighted by Gasteiger charge is -2.08. The molecular weight excluding hydrogens is 343 g/mol. The van der Waals surface area contributed by atoms with Gasteiger partial charge in [0.25, 0.3) is 0 Å². The predicted molar refractivity (Wildman–Crippen MR) is 82.6 cm³/mol. The zero-order chi connectivity index (χ0) is 14.5. The number of rotatable bonds is 4. The van der Waals surface area contributed by atoms with Crippen molar-refractivity contribution < 1.29 is 9.60 Å². The highest BCUT2D eigenvalue weighted by molar-refractivity contribution is 9.10. The Morgan fingerprint density at radius 1 is 1.25 bits per heavy atom. The largest absolute Gasteiger partial charge is 0.409 e. The molecule has 0 saturated heterocycles. The molecule has 0 spiro atoms. The van der Waals surface area contributed by atoms with Crippen LogP contribution in [0.2, 0.25) is 0 Å². The molecule has 0 radical (unpaired) electrons. The molecule has 0 aromatic heterocycles. The lowest BCUT2D eigenvalue weighted by atomic mass is 10.1. The van der Waals surface area contributed by atoms with E-state index in [1.165, 1.54) is 17.8 Å². The molecule has 0 unspecified atom stereocenters. The Bertz CT molecular complexity index is 649. The summed E-state index contributed by atoms with van der Waals surface area (Å²) >= 11 is 4.96. The molecule has 0 amide bonds. The molecule has 0 fully saturated rings. The predicted octanol–water partition coefficient (Wildman–Crippen LogP) is 3.98. The van der Waals surface area contributed by atoms with Gasteiger partial charge in [0.2, 0.25) is 0 Å². The molecule has 0 aliphatic heterocycles. The van der Waals surface area contributed by atoms with E-state index in [0.29, 0.717) is 11.3 Å². The van der Waals surface area contributed by atoms with Crippen molar-refractivity contribution in [3.8, 4) is 0 Å². The molecule has 0 heterocycles. The molecule has 104 valence electrons. The van der Waals surface area contributed by atoms with Crippen LogP contribution >= 0.6 is 27.7 Å². The molecular formula is C14H12BrFN2OS. The normalized spacial score (nSPS) is 11.6. The van der Waals surface area contributed by atoms with Gasteiger partial charge in [-0.2, -0.15) is 0 Å². The van der Waals surface area contributed by atoms with Gasteiger partial charge in [0.15, 0.2) is 5.84 Å². The summed E-state index contributed by atoms with van der Waals surface area (Å²) < 4.78 is 15.2. The molecule has 0 bridgehead atoms. The van der Waals surface area contributed by atoms with Crippen LogP contribution in [0.3, 0.4) is 0 Å². The van der Waals surface area contributed by atoms with Crippen LogP contribution < -0.4 is 5.73 Å². The Balaban J connectivity index is 2.21. The van der Waals surface area contributed by atoms with Crippen LogP contribution in [0.4, 0.5) is 4.39 Å². The van der Waals surface area contributed by atoms with E-state index in [9.17, 15) is 4.39 Å². The number of halogens is 2. The van der Waals surface area contributed by atoms with Crippen molar-refractivity contribution in [3.05, 3.63) is 63.9 Å². The average molecular weight is 355 g/mol. The second-order valence-electron chi connectivity index (χ2n) is 3.98. The molecule has 3 N–H and O–H groups in total. The van der Waals surface area contributed by atoms with Crippen molar-refractivity contribution >= 4 is 33.5 Å². The summed E-state index contributed by atoms with van der Waals surface area (Å²) in [7, 11) is 0. The van der Waals surface area contributed by atoms with Crippen LogP contribution in [-0.2, 0) is 5.75 Å². The Kier molecular flexibility index (Phi) is 5.03. The van der Waals surface area contributed by atoms with E-state index in [1.807, 2.05) is 24.3 Å². The van der Waals surface area contributed by atoms with Gasteiger partial charge in [-0.25, -0.2) is 4.39 Å². The van der Waals surface area contributed by atoms with E-state index < -0.39 is 5.82 Å². The summed E-state index contributed by atoms with van der Waals surface area (Å²) in [6, 6.07) is 12.6. The Morgan fingerprint density at radius 3 is 2.70 bits per heavy atom. The Labute approximate surface area is 128 Å². The topological polar surface area (TPSA) is 58.6 Å². The summed E-state index contributed by atoms with van der Waals surface area (Å²) in [4.78, 5) is 1.03.